The van der Waals surface area contributed by atoms with Crippen LogP contribution in [0.2, 0.25) is 0 Å². The van der Waals surface area contributed by atoms with Gasteiger partial charge in [-0.1, -0.05) is 42.5 Å². The number of hydroxylamine groups is 2. The Morgan fingerprint density at radius 3 is 2.52 bits per heavy atom. The van der Waals surface area contributed by atoms with Crippen molar-refractivity contribution in [1.29, 1.82) is 0 Å². The quantitative estimate of drug-likeness (QED) is 0.533. The molecule has 2 atom stereocenters. The van der Waals surface area contributed by atoms with Crippen molar-refractivity contribution in [1.82, 2.24) is 9.96 Å². The highest BCUT2D eigenvalue weighted by molar-refractivity contribution is 5.82. The number of furan rings is 1. The summed E-state index contributed by atoms with van der Waals surface area (Å²) < 4.78 is 5.60. The van der Waals surface area contributed by atoms with Crippen molar-refractivity contribution in [3.05, 3.63) is 72.0 Å². The van der Waals surface area contributed by atoms with E-state index in [0.717, 1.165) is 53.1 Å². The number of fused-ring (bicyclic) bond motifs is 1. The minimum atomic E-state index is -0.498. The molecule has 0 aliphatic carbocycles. The number of carbonyl (C=O) groups excluding carboxylic acids is 1. The summed E-state index contributed by atoms with van der Waals surface area (Å²) in [5.74, 6) is -0.368. The molecular formula is C22H24N2O3. The monoisotopic (exact) mass is 364 g/mol. The van der Waals surface area contributed by atoms with Crippen molar-refractivity contribution >= 4 is 16.9 Å². The minimum Gasteiger partial charge on any atom is -0.464 e. The van der Waals surface area contributed by atoms with Gasteiger partial charge in [0.25, 0.3) is 0 Å². The summed E-state index contributed by atoms with van der Waals surface area (Å²) in [6.45, 7) is 3.28. The Kier molecular flexibility index (Phi) is 4.97. The van der Waals surface area contributed by atoms with E-state index in [9.17, 15) is 10.0 Å². The summed E-state index contributed by atoms with van der Waals surface area (Å²) in [5.41, 5.74) is 2.79. The Hall–Kier alpha value is -2.63. The zero-order valence-corrected chi connectivity index (χ0v) is 15.4. The van der Waals surface area contributed by atoms with E-state index >= 15 is 0 Å². The fraction of sp³-hybridized carbons (Fsp3) is 0.318. The van der Waals surface area contributed by atoms with Gasteiger partial charge in [0.05, 0.1) is 12.3 Å². The third-order valence-electron chi connectivity index (χ3n) is 5.41. The topological polar surface area (TPSA) is 56.9 Å². The molecular weight excluding hydrogens is 340 g/mol. The number of rotatable bonds is 5. The first-order valence-electron chi connectivity index (χ1n) is 9.40. The van der Waals surface area contributed by atoms with Crippen LogP contribution < -0.4 is 0 Å². The van der Waals surface area contributed by atoms with Gasteiger partial charge in [-0.05, 0) is 49.2 Å². The maximum Gasteiger partial charge on any atom is 0.243 e. The first-order valence-corrected chi connectivity index (χ1v) is 9.40. The third-order valence-corrected chi connectivity index (χ3v) is 5.41. The van der Waals surface area contributed by atoms with Crippen molar-refractivity contribution in [3.8, 4) is 0 Å². The molecule has 1 amide bonds. The summed E-state index contributed by atoms with van der Waals surface area (Å²) in [7, 11) is 0. The highest BCUT2D eigenvalue weighted by atomic mass is 16.5. The predicted octanol–water partition coefficient (Wildman–Crippen LogP) is 4.55. The van der Waals surface area contributed by atoms with Crippen molar-refractivity contribution in [2.45, 2.75) is 31.8 Å². The normalized spacial score (nSPS) is 17.1. The highest BCUT2D eigenvalue weighted by Crippen LogP contribution is 2.42. The van der Waals surface area contributed by atoms with E-state index in [1.54, 1.807) is 6.26 Å². The molecule has 1 aliphatic rings. The van der Waals surface area contributed by atoms with Crippen molar-refractivity contribution in [3.63, 3.8) is 0 Å². The fourth-order valence-electron chi connectivity index (χ4n) is 4.16. The number of likely N-dealkylation sites (tertiary alicyclic amines) is 1. The molecule has 140 valence electrons. The second-order valence-corrected chi connectivity index (χ2v) is 7.09. The molecule has 0 saturated carbocycles. The first kappa shape index (κ1) is 17.8. The van der Waals surface area contributed by atoms with Crippen LogP contribution in [0, 0.1) is 0 Å². The van der Waals surface area contributed by atoms with Crippen LogP contribution in [0.4, 0.5) is 0 Å². The van der Waals surface area contributed by atoms with Gasteiger partial charge in [0.2, 0.25) is 5.91 Å². The predicted molar refractivity (Wildman–Crippen MR) is 103 cm³/mol. The molecule has 27 heavy (non-hydrogen) atoms. The average molecular weight is 364 g/mol. The lowest BCUT2D eigenvalue weighted by atomic mass is 9.90. The number of amides is 1. The number of carbonyl (C=O) groups is 1. The number of hydrogen-bond donors (Lipinski definition) is 1. The Morgan fingerprint density at radius 1 is 1.07 bits per heavy atom. The second-order valence-electron chi connectivity index (χ2n) is 7.09. The van der Waals surface area contributed by atoms with E-state index in [4.69, 9.17) is 4.42 Å². The Bertz CT molecular complexity index is 915. The van der Waals surface area contributed by atoms with Crippen LogP contribution in [0.25, 0.3) is 11.0 Å². The lowest BCUT2D eigenvalue weighted by molar-refractivity contribution is -0.181. The van der Waals surface area contributed by atoms with Gasteiger partial charge in [-0.25, -0.2) is 5.06 Å². The van der Waals surface area contributed by atoms with Gasteiger partial charge in [0.1, 0.15) is 11.6 Å². The zero-order valence-electron chi connectivity index (χ0n) is 15.4. The lowest BCUT2D eigenvalue weighted by Gasteiger charge is -2.38. The van der Waals surface area contributed by atoms with E-state index in [-0.39, 0.29) is 11.9 Å². The van der Waals surface area contributed by atoms with Gasteiger partial charge in [-0.15, -0.1) is 0 Å². The maximum absolute atomic E-state index is 12.2. The molecule has 2 aromatic carbocycles. The largest absolute Gasteiger partial charge is 0.464 e. The van der Waals surface area contributed by atoms with E-state index < -0.39 is 6.04 Å². The van der Waals surface area contributed by atoms with Gasteiger partial charge in [-0.3, -0.25) is 14.9 Å². The minimum absolute atomic E-state index is 0.162. The van der Waals surface area contributed by atoms with Crippen LogP contribution in [-0.2, 0) is 4.79 Å². The molecule has 1 N–H and O–H groups in total. The molecule has 1 aliphatic heterocycles. The summed E-state index contributed by atoms with van der Waals surface area (Å²) in [6, 6.07) is 17.1. The highest BCUT2D eigenvalue weighted by Gasteiger charge is 2.37. The molecule has 0 bridgehead atoms. The van der Waals surface area contributed by atoms with E-state index in [1.165, 1.54) is 6.92 Å². The summed E-state index contributed by atoms with van der Waals surface area (Å²) in [6.07, 6.45) is 3.92. The number of hydrogen-bond acceptors (Lipinski definition) is 4. The molecule has 3 aromatic rings. The van der Waals surface area contributed by atoms with Crippen LogP contribution in [0.1, 0.15) is 43.0 Å². The van der Waals surface area contributed by atoms with Crippen molar-refractivity contribution in [2.24, 2.45) is 0 Å². The van der Waals surface area contributed by atoms with Crippen LogP contribution >= 0.6 is 0 Å². The molecule has 5 nitrogen and oxygen atoms in total. The molecule has 1 saturated heterocycles. The summed E-state index contributed by atoms with van der Waals surface area (Å²) in [5, 5.41) is 12.7. The fourth-order valence-corrected chi connectivity index (χ4v) is 4.16. The van der Waals surface area contributed by atoms with E-state index in [2.05, 4.69) is 11.0 Å². The second kappa shape index (κ2) is 7.55. The van der Waals surface area contributed by atoms with Gasteiger partial charge in [-0.2, -0.15) is 0 Å². The van der Waals surface area contributed by atoms with Crippen molar-refractivity contribution in [2.75, 3.05) is 13.1 Å². The average Bonchev–Trinajstić information content (AvgIpc) is 3.37. The number of benzene rings is 2. The van der Waals surface area contributed by atoms with Crippen LogP contribution in [0.15, 0.2) is 65.3 Å². The third kappa shape index (κ3) is 3.36. The van der Waals surface area contributed by atoms with E-state index in [0.29, 0.717) is 0 Å². The van der Waals surface area contributed by atoms with Crippen LogP contribution in [-0.4, -0.2) is 34.2 Å². The molecule has 5 heteroatoms. The van der Waals surface area contributed by atoms with Crippen LogP contribution in [0.5, 0.6) is 0 Å². The molecule has 1 aromatic heterocycles. The molecule has 2 heterocycles. The number of nitrogens with zero attached hydrogens (tertiary/aromatic N) is 2. The Morgan fingerprint density at radius 2 is 1.81 bits per heavy atom. The van der Waals surface area contributed by atoms with Gasteiger partial charge in [0, 0.05) is 12.3 Å². The van der Waals surface area contributed by atoms with Crippen LogP contribution in [0.3, 0.4) is 0 Å². The first-order chi connectivity index (χ1) is 13.2. The van der Waals surface area contributed by atoms with Gasteiger partial charge in [0.15, 0.2) is 0 Å². The standard InChI is InChI=1S/C22H24N2O3/c1-16(25)24(26)21(17-8-3-2-4-9-17)22(23-13-5-6-14-23)19-10-7-11-20-18(19)12-15-27-20/h2-4,7-12,15,21-22,26H,5-6,13-14H2,1H3/t21-,22?/m0/s1. The molecule has 1 fully saturated rings. The Balaban J connectivity index is 1.90. The molecule has 1 unspecified atom stereocenters. The molecule has 0 spiro atoms. The summed E-state index contributed by atoms with van der Waals surface area (Å²) in [4.78, 5) is 14.5. The van der Waals surface area contributed by atoms with Gasteiger partial charge >= 0.3 is 0 Å². The van der Waals surface area contributed by atoms with Gasteiger partial charge < -0.3 is 4.42 Å². The Labute approximate surface area is 158 Å². The SMILES string of the molecule is CC(=O)N(O)[C@@H](c1ccccc1)C(c1cccc2occc12)N1CCCC1. The summed E-state index contributed by atoms with van der Waals surface area (Å²) >= 11 is 0. The maximum atomic E-state index is 12.2. The van der Waals surface area contributed by atoms with E-state index in [1.807, 2.05) is 48.5 Å². The van der Waals surface area contributed by atoms with Crippen molar-refractivity contribution < 1.29 is 14.4 Å². The lowest BCUT2D eigenvalue weighted by Crippen LogP contribution is -2.40. The zero-order chi connectivity index (χ0) is 18.8. The molecule has 0 radical (unpaired) electrons. The smallest absolute Gasteiger partial charge is 0.243 e. The molecule has 4 rings (SSSR count).